The second kappa shape index (κ2) is 6.48. The van der Waals surface area contributed by atoms with Crippen LogP contribution in [0.2, 0.25) is 0 Å². The van der Waals surface area contributed by atoms with Gasteiger partial charge in [0.15, 0.2) is 11.9 Å². The maximum Gasteiger partial charge on any atom is 0.339 e. The van der Waals surface area contributed by atoms with Gasteiger partial charge in [0.2, 0.25) is 5.13 Å². The molecular formula is C16H15N3O4S. The summed E-state index contributed by atoms with van der Waals surface area (Å²) in [7, 11) is 0. The fourth-order valence-corrected chi connectivity index (χ4v) is 3.01. The first-order valence-electron chi connectivity index (χ1n) is 7.36. The van der Waals surface area contributed by atoms with Gasteiger partial charge in [-0.1, -0.05) is 17.7 Å². The number of hydrogen-bond donors (Lipinski definition) is 1. The average Bonchev–Trinajstić information content (AvgIpc) is 2.94. The Morgan fingerprint density at radius 1 is 1.42 bits per heavy atom. The number of aromatic nitrogens is 2. The van der Waals surface area contributed by atoms with E-state index in [0.29, 0.717) is 17.8 Å². The predicted octanol–water partition coefficient (Wildman–Crippen LogP) is 1.70. The standard InChI is InChI=1S/C16H15N3O4S/c1-8-3-4-10-7-12(23-15(22)11(10)5-8)14(21)18-16-17-13(19-24-16)6-9(2)20/h3-5,12H,6-7H2,1-2H3,(H,17,18,19,21)/t12-/m0/s1. The fraction of sp³-hybridized carbons (Fsp3) is 0.312. The van der Waals surface area contributed by atoms with Gasteiger partial charge in [-0.05, 0) is 25.5 Å². The Bertz CT molecular complexity index is 830. The van der Waals surface area contributed by atoms with E-state index in [-0.39, 0.29) is 17.3 Å². The normalized spacial score (nSPS) is 16.2. The van der Waals surface area contributed by atoms with E-state index >= 15 is 0 Å². The highest BCUT2D eigenvalue weighted by atomic mass is 32.1. The molecule has 1 atom stereocenters. The molecule has 1 amide bonds. The van der Waals surface area contributed by atoms with Gasteiger partial charge in [0.25, 0.3) is 5.91 Å². The Morgan fingerprint density at radius 3 is 2.96 bits per heavy atom. The number of fused-ring (bicyclic) bond motifs is 1. The van der Waals surface area contributed by atoms with Gasteiger partial charge in [0, 0.05) is 18.0 Å². The number of carbonyl (C=O) groups excluding carboxylic acids is 3. The molecule has 1 aliphatic heterocycles. The first-order valence-corrected chi connectivity index (χ1v) is 8.13. The number of Topliss-reactive ketones (excluding diaryl/α,β-unsaturated/α-hetero) is 1. The van der Waals surface area contributed by atoms with E-state index in [1.807, 2.05) is 19.1 Å². The van der Waals surface area contributed by atoms with E-state index in [0.717, 1.165) is 22.7 Å². The first-order chi connectivity index (χ1) is 11.4. The molecule has 1 aromatic carbocycles. The number of rotatable bonds is 4. The Labute approximate surface area is 142 Å². The van der Waals surface area contributed by atoms with Crippen LogP contribution >= 0.6 is 11.5 Å². The minimum absolute atomic E-state index is 0.0567. The molecule has 2 aromatic rings. The largest absolute Gasteiger partial charge is 0.448 e. The number of esters is 1. The Kier molecular flexibility index (Phi) is 4.39. The molecule has 3 rings (SSSR count). The number of ketones is 1. The lowest BCUT2D eigenvalue weighted by molar-refractivity contribution is -0.125. The van der Waals surface area contributed by atoms with Crippen molar-refractivity contribution in [2.75, 3.05) is 5.32 Å². The van der Waals surface area contributed by atoms with Gasteiger partial charge >= 0.3 is 5.97 Å². The lowest BCUT2D eigenvalue weighted by Gasteiger charge is -2.23. The smallest absolute Gasteiger partial charge is 0.339 e. The van der Waals surface area contributed by atoms with Gasteiger partial charge in [-0.2, -0.15) is 4.37 Å². The zero-order valence-electron chi connectivity index (χ0n) is 13.2. The summed E-state index contributed by atoms with van der Waals surface area (Å²) in [6.45, 7) is 3.33. The van der Waals surface area contributed by atoms with Crippen molar-refractivity contribution >= 4 is 34.3 Å². The summed E-state index contributed by atoms with van der Waals surface area (Å²) in [5.74, 6) is -0.655. The number of aryl methyl sites for hydroxylation is 1. The zero-order chi connectivity index (χ0) is 17.3. The van der Waals surface area contributed by atoms with Crippen molar-refractivity contribution in [2.45, 2.75) is 32.8 Å². The molecule has 124 valence electrons. The summed E-state index contributed by atoms with van der Waals surface area (Å²) in [4.78, 5) is 39.5. The van der Waals surface area contributed by atoms with Gasteiger partial charge in [-0.15, -0.1) is 0 Å². The number of ether oxygens (including phenoxy) is 1. The third kappa shape index (κ3) is 3.48. The van der Waals surface area contributed by atoms with Gasteiger partial charge in [0.1, 0.15) is 5.78 Å². The van der Waals surface area contributed by atoms with Crippen molar-refractivity contribution in [1.82, 2.24) is 9.36 Å². The number of hydrogen-bond acceptors (Lipinski definition) is 7. The minimum Gasteiger partial charge on any atom is -0.448 e. The lowest BCUT2D eigenvalue weighted by atomic mass is 9.96. The zero-order valence-corrected chi connectivity index (χ0v) is 14.0. The van der Waals surface area contributed by atoms with Crippen LogP contribution in [-0.2, 0) is 27.2 Å². The van der Waals surface area contributed by atoms with E-state index in [1.54, 1.807) is 6.07 Å². The third-order valence-corrected chi connectivity index (χ3v) is 4.21. The highest BCUT2D eigenvalue weighted by Gasteiger charge is 2.31. The van der Waals surface area contributed by atoms with Gasteiger partial charge in [-0.3, -0.25) is 14.9 Å². The molecule has 0 radical (unpaired) electrons. The van der Waals surface area contributed by atoms with Crippen molar-refractivity contribution in [2.24, 2.45) is 0 Å². The fourth-order valence-electron chi connectivity index (χ4n) is 2.42. The number of nitrogens with one attached hydrogen (secondary N) is 1. The molecule has 8 heteroatoms. The van der Waals surface area contributed by atoms with Crippen LogP contribution < -0.4 is 5.32 Å². The maximum absolute atomic E-state index is 12.3. The average molecular weight is 345 g/mol. The van der Waals surface area contributed by atoms with Crippen LogP contribution in [0.5, 0.6) is 0 Å². The lowest BCUT2D eigenvalue weighted by Crippen LogP contribution is -2.38. The maximum atomic E-state index is 12.3. The highest BCUT2D eigenvalue weighted by molar-refractivity contribution is 7.09. The molecule has 1 aliphatic rings. The molecule has 0 saturated heterocycles. The van der Waals surface area contributed by atoms with Crippen LogP contribution in [0.25, 0.3) is 0 Å². The Morgan fingerprint density at radius 2 is 2.21 bits per heavy atom. The predicted molar refractivity (Wildman–Crippen MR) is 87.0 cm³/mol. The van der Waals surface area contributed by atoms with E-state index in [1.165, 1.54) is 6.92 Å². The summed E-state index contributed by atoms with van der Waals surface area (Å²) in [6.07, 6.45) is -0.475. The van der Waals surface area contributed by atoms with E-state index in [4.69, 9.17) is 4.74 Å². The molecule has 0 spiro atoms. The summed E-state index contributed by atoms with van der Waals surface area (Å²) in [5, 5.41) is 2.87. The minimum atomic E-state index is -0.909. The van der Waals surface area contributed by atoms with Crippen molar-refractivity contribution in [3.05, 3.63) is 40.7 Å². The Hall–Kier alpha value is -2.61. The van der Waals surface area contributed by atoms with Crippen LogP contribution in [-0.4, -0.2) is 33.1 Å². The second-order valence-electron chi connectivity index (χ2n) is 5.64. The Balaban J connectivity index is 1.70. The van der Waals surface area contributed by atoms with Crippen LogP contribution in [0.4, 0.5) is 5.13 Å². The van der Waals surface area contributed by atoms with Gasteiger partial charge in [-0.25, -0.2) is 9.78 Å². The summed E-state index contributed by atoms with van der Waals surface area (Å²) in [5.41, 5.74) is 2.24. The number of nitrogens with zero attached hydrogens (tertiary/aromatic N) is 2. The van der Waals surface area contributed by atoms with Crippen LogP contribution in [0.15, 0.2) is 18.2 Å². The molecule has 0 saturated carbocycles. The molecule has 0 aliphatic carbocycles. The number of amides is 1. The number of benzene rings is 1. The SMILES string of the molecule is CC(=O)Cc1nsc(NC(=O)[C@@H]2Cc3ccc(C)cc3C(=O)O2)n1. The highest BCUT2D eigenvalue weighted by Crippen LogP contribution is 2.23. The van der Waals surface area contributed by atoms with Crippen LogP contribution in [0, 0.1) is 6.92 Å². The van der Waals surface area contributed by atoms with Crippen LogP contribution in [0.1, 0.15) is 34.2 Å². The van der Waals surface area contributed by atoms with E-state index in [9.17, 15) is 14.4 Å². The second-order valence-corrected chi connectivity index (χ2v) is 6.39. The van der Waals surface area contributed by atoms with Gasteiger partial charge in [0.05, 0.1) is 12.0 Å². The molecule has 1 aromatic heterocycles. The molecule has 0 unspecified atom stereocenters. The van der Waals surface area contributed by atoms with Crippen LogP contribution in [0.3, 0.4) is 0 Å². The summed E-state index contributed by atoms with van der Waals surface area (Å²) < 4.78 is 9.23. The molecule has 24 heavy (non-hydrogen) atoms. The van der Waals surface area contributed by atoms with Crippen molar-refractivity contribution in [3.63, 3.8) is 0 Å². The quantitative estimate of drug-likeness (QED) is 0.847. The van der Waals surface area contributed by atoms with Crippen molar-refractivity contribution in [1.29, 1.82) is 0 Å². The molecule has 2 heterocycles. The molecule has 0 bridgehead atoms. The van der Waals surface area contributed by atoms with Crippen molar-refractivity contribution in [3.8, 4) is 0 Å². The molecule has 0 fully saturated rings. The van der Waals surface area contributed by atoms with E-state index < -0.39 is 18.0 Å². The summed E-state index contributed by atoms with van der Waals surface area (Å²) >= 11 is 0.986. The molecule has 7 nitrogen and oxygen atoms in total. The number of carbonyl (C=O) groups is 3. The topological polar surface area (TPSA) is 98.2 Å². The van der Waals surface area contributed by atoms with E-state index in [2.05, 4.69) is 14.7 Å². The third-order valence-electron chi connectivity index (χ3n) is 3.54. The number of anilines is 1. The molecular weight excluding hydrogens is 330 g/mol. The number of cyclic esters (lactones) is 1. The summed E-state index contributed by atoms with van der Waals surface area (Å²) in [6, 6.07) is 5.48. The monoisotopic (exact) mass is 345 g/mol. The first kappa shape index (κ1) is 16.3. The molecule has 1 N–H and O–H groups in total. The van der Waals surface area contributed by atoms with Gasteiger partial charge < -0.3 is 4.74 Å². The van der Waals surface area contributed by atoms with Crippen molar-refractivity contribution < 1.29 is 19.1 Å².